The van der Waals surface area contributed by atoms with Crippen molar-refractivity contribution in [2.45, 2.75) is 6.92 Å². The first-order valence-electron chi connectivity index (χ1n) is 3.80. The number of nitrogens with zero attached hydrogens (tertiary/aromatic N) is 2. The van der Waals surface area contributed by atoms with Crippen molar-refractivity contribution in [2.75, 3.05) is 5.73 Å². The van der Waals surface area contributed by atoms with Crippen LogP contribution < -0.4 is 5.73 Å². The van der Waals surface area contributed by atoms with Crippen molar-refractivity contribution >= 4 is 29.2 Å². The highest BCUT2D eigenvalue weighted by Crippen LogP contribution is 2.14. The number of anilines is 1. The van der Waals surface area contributed by atoms with Crippen LogP contribution in [0.3, 0.4) is 0 Å². The fraction of sp³-hybridized carbons (Fsp3) is 0.125. The molecule has 0 unspecified atom stereocenters. The number of H-pyrrole nitrogens is 1. The molecule has 2 aromatic heterocycles. The molecule has 2 rings (SSSR count). The zero-order valence-corrected chi connectivity index (χ0v) is 8.35. The summed E-state index contributed by atoms with van der Waals surface area (Å²) in [6.07, 6.45) is 1.75. The molecule has 0 aliphatic carbocycles. The van der Waals surface area contributed by atoms with Gasteiger partial charge in [-0.2, -0.15) is 4.98 Å². The third-order valence-electron chi connectivity index (χ3n) is 1.81. The van der Waals surface area contributed by atoms with Gasteiger partial charge in [0.1, 0.15) is 5.65 Å². The zero-order valence-electron chi connectivity index (χ0n) is 7.53. The molecule has 0 fully saturated rings. The largest absolute Gasteiger partial charge is 0.412 e. The molecule has 2 heterocycles. The number of rotatable bonds is 0. The first kappa shape index (κ1) is 10.6. The minimum Gasteiger partial charge on any atom is -0.412 e. The van der Waals surface area contributed by atoms with E-state index in [1.165, 1.54) is 0 Å². The number of hydrogen-bond acceptors (Lipinski definition) is 4. The van der Waals surface area contributed by atoms with E-state index in [4.69, 9.17) is 18.0 Å². The quantitative estimate of drug-likeness (QED) is 0.627. The Balaban J connectivity index is 0.000000980. The lowest BCUT2D eigenvalue weighted by atomic mass is 10.2. The van der Waals surface area contributed by atoms with Gasteiger partial charge in [-0.3, -0.25) is 0 Å². The van der Waals surface area contributed by atoms with Crippen molar-refractivity contribution in [2.24, 2.45) is 0 Å². The van der Waals surface area contributed by atoms with E-state index < -0.39 is 0 Å². The van der Waals surface area contributed by atoms with Gasteiger partial charge in [0.2, 0.25) is 5.95 Å². The molecule has 14 heavy (non-hydrogen) atoms. The Kier molecular flexibility index (Phi) is 2.78. The van der Waals surface area contributed by atoms with E-state index in [2.05, 4.69) is 15.0 Å². The van der Waals surface area contributed by atoms with Gasteiger partial charge in [-0.1, -0.05) is 12.2 Å². The van der Waals surface area contributed by atoms with Crippen molar-refractivity contribution in [3.05, 3.63) is 22.5 Å². The molecule has 2 aromatic rings. The molecule has 0 saturated carbocycles. The summed E-state index contributed by atoms with van der Waals surface area (Å²) in [5.74, 6) is 0.266. The topological polar surface area (TPSA) is 99.1 Å². The van der Waals surface area contributed by atoms with Gasteiger partial charge in [-0.05, 0) is 13.0 Å². The molecular weight excluding hydrogens is 200 g/mol. The molecular formula is C8H10N4OS. The lowest BCUT2D eigenvalue weighted by molar-refractivity contribution is 0.824. The summed E-state index contributed by atoms with van der Waals surface area (Å²) in [6.45, 7) is 1.87. The SMILES string of the molecule is Cc1nc(N)nc2[nH]ccc(=S)c12.O. The molecule has 5 N–H and O–H groups in total. The third-order valence-corrected chi connectivity index (χ3v) is 2.15. The van der Waals surface area contributed by atoms with Gasteiger partial charge in [0.15, 0.2) is 0 Å². The fourth-order valence-corrected chi connectivity index (χ4v) is 1.59. The molecule has 0 saturated heterocycles. The Labute approximate surface area is 85.3 Å². The monoisotopic (exact) mass is 210 g/mol. The van der Waals surface area contributed by atoms with Gasteiger partial charge < -0.3 is 16.2 Å². The minimum absolute atomic E-state index is 0. The summed E-state index contributed by atoms with van der Waals surface area (Å²) in [5.41, 5.74) is 7.00. The van der Waals surface area contributed by atoms with Crippen LogP contribution in [0.1, 0.15) is 5.69 Å². The van der Waals surface area contributed by atoms with Gasteiger partial charge in [-0.25, -0.2) is 4.98 Å². The number of fused-ring (bicyclic) bond motifs is 1. The smallest absolute Gasteiger partial charge is 0.222 e. The number of aromatic nitrogens is 3. The van der Waals surface area contributed by atoms with Gasteiger partial charge >= 0.3 is 0 Å². The number of aromatic amines is 1. The molecule has 0 aliphatic rings. The maximum absolute atomic E-state index is 5.50. The number of aryl methyl sites for hydroxylation is 1. The maximum atomic E-state index is 5.50. The summed E-state index contributed by atoms with van der Waals surface area (Å²) in [6, 6.07) is 1.81. The highest BCUT2D eigenvalue weighted by atomic mass is 32.1. The number of pyridine rings is 1. The fourth-order valence-electron chi connectivity index (χ4n) is 1.27. The van der Waals surface area contributed by atoms with E-state index in [1.807, 2.05) is 13.0 Å². The number of nitrogens with one attached hydrogen (secondary N) is 1. The van der Waals surface area contributed by atoms with E-state index in [1.54, 1.807) is 6.20 Å². The average molecular weight is 210 g/mol. The third kappa shape index (κ3) is 1.57. The van der Waals surface area contributed by atoms with Gasteiger partial charge in [-0.15, -0.1) is 0 Å². The molecule has 6 heteroatoms. The Morgan fingerprint density at radius 1 is 1.43 bits per heavy atom. The van der Waals surface area contributed by atoms with Crippen molar-refractivity contribution < 1.29 is 5.48 Å². The van der Waals surface area contributed by atoms with E-state index in [-0.39, 0.29) is 11.4 Å². The molecule has 0 aliphatic heterocycles. The molecule has 0 aromatic carbocycles. The first-order valence-corrected chi connectivity index (χ1v) is 4.21. The minimum atomic E-state index is 0. The van der Waals surface area contributed by atoms with Crippen molar-refractivity contribution in [3.8, 4) is 0 Å². The second-order valence-electron chi connectivity index (χ2n) is 2.73. The predicted octanol–water partition coefficient (Wildman–Crippen LogP) is 0.753. The van der Waals surface area contributed by atoms with Crippen molar-refractivity contribution in [3.63, 3.8) is 0 Å². The lowest BCUT2D eigenvalue weighted by Gasteiger charge is -2.01. The second-order valence-corrected chi connectivity index (χ2v) is 3.17. The van der Waals surface area contributed by atoms with Crippen molar-refractivity contribution in [1.82, 2.24) is 15.0 Å². The zero-order chi connectivity index (χ0) is 9.42. The molecule has 0 radical (unpaired) electrons. The molecule has 0 bridgehead atoms. The lowest BCUT2D eigenvalue weighted by Crippen LogP contribution is -1.99. The van der Waals surface area contributed by atoms with Crippen LogP contribution in [0, 0.1) is 11.4 Å². The Bertz CT molecular complexity index is 522. The molecule has 0 atom stereocenters. The molecule has 74 valence electrons. The van der Waals surface area contributed by atoms with Crippen LogP contribution in [0.25, 0.3) is 11.0 Å². The summed E-state index contributed by atoms with van der Waals surface area (Å²) in [4.78, 5) is 11.1. The number of hydrogen-bond donors (Lipinski definition) is 2. The van der Waals surface area contributed by atoms with Crippen LogP contribution in [-0.4, -0.2) is 20.4 Å². The Morgan fingerprint density at radius 2 is 2.14 bits per heavy atom. The van der Waals surface area contributed by atoms with E-state index in [0.29, 0.717) is 5.65 Å². The molecule has 5 nitrogen and oxygen atoms in total. The van der Waals surface area contributed by atoms with Crippen LogP contribution in [0.2, 0.25) is 0 Å². The summed E-state index contributed by atoms with van der Waals surface area (Å²) < 4.78 is 0.742. The standard InChI is InChI=1S/C8H8N4S.H2O/c1-4-6-5(13)2-3-10-7(6)12-8(9)11-4;/h2-3H,1H3,(H3,9,10,11,12,13);1H2. The Morgan fingerprint density at radius 3 is 2.86 bits per heavy atom. The first-order chi connectivity index (χ1) is 6.18. The Hall–Kier alpha value is -1.53. The van der Waals surface area contributed by atoms with Crippen LogP contribution >= 0.6 is 12.2 Å². The van der Waals surface area contributed by atoms with Crippen molar-refractivity contribution in [1.29, 1.82) is 0 Å². The predicted molar refractivity (Wildman–Crippen MR) is 57.5 cm³/mol. The van der Waals surface area contributed by atoms with E-state index >= 15 is 0 Å². The average Bonchev–Trinajstić information content (AvgIpc) is 2.02. The van der Waals surface area contributed by atoms with Gasteiger partial charge in [0, 0.05) is 6.20 Å². The number of nitrogens with two attached hydrogens (primary N) is 1. The van der Waals surface area contributed by atoms with Crippen LogP contribution in [0.4, 0.5) is 5.95 Å². The molecule has 0 spiro atoms. The van der Waals surface area contributed by atoms with Crippen LogP contribution in [0.5, 0.6) is 0 Å². The number of nitrogen functional groups attached to an aromatic ring is 1. The molecule has 0 amide bonds. The van der Waals surface area contributed by atoms with Gasteiger partial charge in [0.05, 0.1) is 15.6 Å². The van der Waals surface area contributed by atoms with Crippen LogP contribution in [0.15, 0.2) is 12.3 Å². The summed E-state index contributed by atoms with van der Waals surface area (Å²) >= 11 is 5.14. The highest BCUT2D eigenvalue weighted by molar-refractivity contribution is 7.71. The maximum Gasteiger partial charge on any atom is 0.222 e. The summed E-state index contributed by atoms with van der Waals surface area (Å²) in [7, 11) is 0. The normalized spacial score (nSPS) is 9.79. The van der Waals surface area contributed by atoms with E-state index in [9.17, 15) is 0 Å². The summed E-state index contributed by atoms with van der Waals surface area (Å²) in [5, 5.41) is 0.867. The second kappa shape index (κ2) is 3.69. The van der Waals surface area contributed by atoms with Gasteiger partial charge in [0.25, 0.3) is 0 Å². The van der Waals surface area contributed by atoms with E-state index in [0.717, 1.165) is 15.6 Å². The highest BCUT2D eigenvalue weighted by Gasteiger charge is 2.02. The van der Waals surface area contributed by atoms with Crippen LogP contribution in [-0.2, 0) is 0 Å².